The van der Waals surface area contributed by atoms with Crippen LogP contribution in [-0.2, 0) is 38.7 Å². The predicted octanol–water partition coefficient (Wildman–Crippen LogP) is 0.401. The van der Waals surface area contributed by atoms with Crippen LogP contribution in [0.25, 0.3) is 0 Å². The van der Waals surface area contributed by atoms with Gasteiger partial charge in [-0.3, -0.25) is 14.4 Å². The second-order valence-electron chi connectivity index (χ2n) is 9.91. The number of ether oxygens (including phenoxy) is 3. The Bertz CT molecular complexity index is 896. The molecule has 1 N–H and O–H groups in total. The molecule has 1 aliphatic heterocycles. The van der Waals surface area contributed by atoms with E-state index < -0.39 is 71.5 Å². The normalized spacial score (nSPS) is 19.7. The average Bonchev–Trinajstić information content (AvgIpc) is 2.94. The molecule has 0 spiro atoms. The van der Waals surface area contributed by atoms with Crippen LogP contribution in [0.15, 0.2) is 0 Å². The van der Waals surface area contributed by atoms with E-state index in [9.17, 15) is 32.5 Å². The molecule has 39 heavy (non-hydrogen) atoms. The first-order chi connectivity index (χ1) is 18.1. The van der Waals surface area contributed by atoms with E-state index in [0.29, 0.717) is 12.8 Å². The zero-order chi connectivity index (χ0) is 28.3. The van der Waals surface area contributed by atoms with Crippen LogP contribution in [-0.4, -0.2) is 67.7 Å². The Hall–Kier alpha value is -1.16. The SMILES string of the molecule is CCCCCCCCCCCC#CCCCCC(=O)OCC1(CO)COC(=O)CC(S(=O)(=O)[O-])C(=O)OC1.[Na+]. The van der Waals surface area contributed by atoms with Crippen LogP contribution in [0.5, 0.6) is 0 Å². The van der Waals surface area contributed by atoms with Crippen LogP contribution in [0.1, 0.15) is 103 Å². The van der Waals surface area contributed by atoms with Gasteiger partial charge < -0.3 is 23.9 Å². The number of carbonyl (C=O) groups is 3. The first-order valence-corrected chi connectivity index (χ1v) is 15.1. The fourth-order valence-electron chi connectivity index (χ4n) is 3.82. The van der Waals surface area contributed by atoms with E-state index in [1.165, 1.54) is 51.4 Å². The molecule has 1 aliphatic rings. The van der Waals surface area contributed by atoms with E-state index in [0.717, 1.165) is 19.3 Å². The third kappa shape index (κ3) is 17.3. The molecule has 0 saturated carbocycles. The summed E-state index contributed by atoms with van der Waals surface area (Å²) in [6, 6.07) is 0. The number of aliphatic hydroxyl groups excluding tert-OH is 1. The Kier molecular flexibility index (Phi) is 20.9. The molecule has 0 radical (unpaired) electrons. The standard InChI is InChI=1S/C27H44O10S.Na/c1-2-3-4-5-6-7-8-9-10-11-12-13-14-15-16-17-24(29)35-20-27(19-28)21-36-25(30)18-23(38(32,33)34)26(31)37-22-27;/h23,28H,2-11,14-22H2,1H3,(H,32,33,34);/q;+1/p-1. The largest absolute Gasteiger partial charge is 1.00 e. The molecule has 0 aromatic rings. The van der Waals surface area contributed by atoms with Gasteiger partial charge in [0.1, 0.15) is 29.9 Å². The Morgan fingerprint density at radius 1 is 0.974 bits per heavy atom. The molecule has 0 aliphatic carbocycles. The molecule has 1 saturated heterocycles. The van der Waals surface area contributed by atoms with Crippen LogP contribution in [0, 0.1) is 17.3 Å². The fourth-order valence-corrected chi connectivity index (χ4v) is 4.46. The van der Waals surface area contributed by atoms with Crippen LogP contribution < -0.4 is 29.6 Å². The van der Waals surface area contributed by atoms with Crippen LogP contribution in [0.3, 0.4) is 0 Å². The molecule has 1 fully saturated rings. The van der Waals surface area contributed by atoms with Gasteiger partial charge in [0.2, 0.25) is 0 Å². The zero-order valence-electron chi connectivity index (χ0n) is 23.5. The summed E-state index contributed by atoms with van der Waals surface area (Å²) >= 11 is 0. The number of hydrogen-bond acceptors (Lipinski definition) is 10. The van der Waals surface area contributed by atoms with Crippen LogP contribution in [0.2, 0.25) is 0 Å². The van der Waals surface area contributed by atoms with E-state index in [1.807, 2.05) is 0 Å². The van der Waals surface area contributed by atoms with Crippen LogP contribution in [0.4, 0.5) is 0 Å². The van der Waals surface area contributed by atoms with Crippen molar-refractivity contribution in [1.29, 1.82) is 0 Å². The average molecular weight is 583 g/mol. The summed E-state index contributed by atoms with van der Waals surface area (Å²) < 4.78 is 48.8. The van der Waals surface area contributed by atoms with E-state index >= 15 is 0 Å². The molecule has 12 heteroatoms. The molecule has 2 atom stereocenters. The summed E-state index contributed by atoms with van der Waals surface area (Å²) in [4.78, 5) is 36.0. The first-order valence-electron chi connectivity index (χ1n) is 13.6. The minimum absolute atomic E-state index is 0. The quantitative estimate of drug-likeness (QED) is 0.0636. The maximum absolute atomic E-state index is 12.1. The van der Waals surface area contributed by atoms with Crippen molar-refractivity contribution < 1.29 is 76.2 Å². The van der Waals surface area contributed by atoms with E-state index in [-0.39, 0.29) is 36.0 Å². The number of esters is 3. The monoisotopic (exact) mass is 582 g/mol. The van der Waals surface area contributed by atoms with Gasteiger partial charge in [-0.15, -0.1) is 11.8 Å². The topological polar surface area (TPSA) is 156 Å². The third-order valence-electron chi connectivity index (χ3n) is 6.36. The minimum Gasteiger partial charge on any atom is -0.747 e. The van der Waals surface area contributed by atoms with Crippen molar-refractivity contribution in [2.45, 2.75) is 108 Å². The molecule has 1 rings (SSSR count). The maximum Gasteiger partial charge on any atom is 1.00 e. The molecular formula is C27H43NaO10S. The van der Waals surface area contributed by atoms with Gasteiger partial charge in [-0.1, -0.05) is 58.3 Å². The van der Waals surface area contributed by atoms with Gasteiger partial charge in [0.05, 0.1) is 18.4 Å². The van der Waals surface area contributed by atoms with Gasteiger partial charge in [0.15, 0.2) is 5.25 Å². The first kappa shape index (κ1) is 37.8. The van der Waals surface area contributed by atoms with Crippen molar-refractivity contribution in [2.24, 2.45) is 5.41 Å². The molecule has 0 bridgehead atoms. The summed E-state index contributed by atoms with van der Waals surface area (Å²) in [5.41, 5.74) is -1.47. The third-order valence-corrected chi connectivity index (χ3v) is 7.42. The Balaban J connectivity index is 0.0000144. The Labute approximate surface area is 255 Å². The van der Waals surface area contributed by atoms with Gasteiger partial charge in [-0.25, -0.2) is 8.42 Å². The summed E-state index contributed by atoms with van der Waals surface area (Å²) in [6.07, 6.45) is 13.5. The maximum atomic E-state index is 12.1. The number of cyclic esters (lactones) is 2. The van der Waals surface area contributed by atoms with Gasteiger partial charge in [-0.05, 0) is 19.3 Å². The van der Waals surface area contributed by atoms with E-state index in [4.69, 9.17) is 14.2 Å². The number of rotatable bonds is 17. The number of unbranched alkanes of at least 4 members (excludes halogenated alkanes) is 11. The molecule has 0 aromatic carbocycles. The van der Waals surface area contributed by atoms with Crippen molar-refractivity contribution in [1.82, 2.24) is 0 Å². The van der Waals surface area contributed by atoms with Crippen molar-refractivity contribution in [2.75, 3.05) is 26.4 Å². The number of hydrogen-bond donors (Lipinski definition) is 1. The van der Waals surface area contributed by atoms with Gasteiger partial charge in [-0.2, -0.15) is 0 Å². The van der Waals surface area contributed by atoms with Gasteiger partial charge in [0, 0.05) is 19.3 Å². The fraction of sp³-hybridized carbons (Fsp3) is 0.815. The number of aliphatic hydroxyl groups is 1. The van der Waals surface area contributed by atoms with Crippen molar-refractivity contribution in [3.8, 4) is 11.8 Å². The predicted molar refractivity (Wildman–Crippen MR) is 139 cm³/mol. The van der Waals surface area contributed by atoms with E-state index in [2.05, 4.69) is 18.8 Å². The van der Waals surface area contributed by atoms with Crippen molar-refractivity contribution >= 4 is 28.0 Å². The molecule has 0 amide bonds. The van der Waals surface area contributed by atoms with Gasteiger partial charge >= 0.3 is 47.5 Å². The summed E-state index contributed by atoms with van der Waals surface area (Å²) in [5, 5.41) is 7.57. The zero-order valence-corrected chi connectivity index (χ0v) is 26.4. The van der Waals surface area contributed by atoms with Gasteiger partial charge in [0.25, 0.3) is 0 Å². The molecule has 218 valence electrons. The summed E-state index contributed by atoms with van der Waals surface area (Å²) in [5.74, 6) is 3.23. The number of carbonyl (C=O) groups excluding carboxylic acids is 3. The second kappa shape index (κ2) is 21.6. The molecule has 10 nitrogen and oxygen atoms in total. The van der Waals surface area contributed by atoms with Crippen molar-refractivity contribution in [3.63, 3.8) is 0 Å². The Morgan fingerprint density at radius 3 is 2.08 bits per heavy atom. The molecule has 2 unspecified atom stereocenters. The molecule has 0 aromatic heterocycles. The van der Waals surface area contributed by atoms with Crippen LogP contribution >= 0.6 is 0 Å². The minimum atomic E-state index is -5.15. The second-order valence-corrected chi connectivity index (χ2v) is 11.5. The molecular weight excluding hydrogens is 539 g/mol. The summed E-state index contributed by atoms with van der Waals surface area (Å²) in [7, 11) is -5.15. The van der Waals surface area contributed by atoms with E-state index in [1.54, 1.807) is 0 Å². The Morgan fingerprint density at radius 2 is 1.51 bits per heavy atom. The summed E-state index contributed by atoms with van der Waals surface area (Å²) in [6.45, 7) is 0.0513. The molecule has 1 heterocycles. The smallest absolute Gasteiger partial charge is 0.747 e. The van der Waals surface area contributed by atoms with Crippen molar-refractivity contribution in [3.05, 3.63) is 0 Å².